The van der Waals surface area contributed by atoms with Gasteiger partial charge in [-0.3, -0.25) is 0 Å². The molecule has 11 rings (SSSR count). The zero-order valence-corrected chi connectivity index (χ0v) is 31.9. The average molecular weight is 730 g/mol. The van der Waals surface area contributed by atoms with Gasteiger partial charge in [0.15, 0.2) is 5.75 Å². The van der Waals surface area contributed by atoms with Crippen LogP contribution < -0.4 is 9.64 Å². The first-order chi connectivity index (χ1) is 28.0. The molecule has 0 unspecified atom stereocenters. The van der Waals surface area contributed by atoms with E-state index in [0.717, 1.165) is 50.6 Å². The lowest BCUT2D eigenvalue weighted by Gasteiger charge is -2.30. The van der Waals surface area contributed by atoms with Gasteiger partial charge in [-0.05, 0) is 103 Å². The summed E-state index contributed by atoms with van der Waals surface area (Å²) in [5.41, 5.74) is 17.5. The molecule has 2 heteroatoms. The Morgan fingerprint density at radius 2 is 0.965 bits per heavy atom. The molecule has 57 heavy (non-hydrogen) atoms. The molecule has 1 aliphatic heterocycles. The third kappa shape index (κ3) is 5.33. The maximum atomic E-state index is 7.37. The molecule has 0 saturated heterocycles. The van der Waals surface area contributed by atoms with Crippen molar-refractivity contribution < 1.29 is 4.74 Å². The minimum Gasteiger partial charge on any atom is -0.454 e. The van der Waals surface area contributed by atoms with Gasteiger partial charge in [0.2, 0.25) is 0 Å². The Hall–Kier alpha value is -7.16. The second-order valence-corrected chi connectivity index (χ2v) is 15.7. The SMILES string of the molecule is CC1(C)c2ccccc2-c2ccc(N(c3ccc(-c4ccccc4)cc3)c3cccc4c3Oc3cc5ccccc5cc3-c3c(-c5ccccc5)cccc3-4)cc21. The third-order valence-corrected chi connectivity index (χ3v) is 12.1. The van der Waals surface area contributed by atoms with Crippen LogP contribution in [0.25, 0.3) is 66.4 Å². The predicted molar refractivity (Wildman–Crippen MR) is 238 cm³/mol. The van der Waals surface area contributed by atoms with Crippen molar-refractivity contribution in [2.45, 2.75) is 19.3 Å². The van der Waals surface area contributed by atoms with Crippen LogP contribution in [0.15, 0.2) is 200 Å². The highest BCUT2D eigenvalue weighted by molar-refractivity contribution is 6.04. The fraction of sp³-hybridized carbons (Fsp3) is 0.0545. The highest BCUT2D eigenvalue weighted by Gasteiger charge is 2.36. The normalized spacial score (nSPS) is 13.0. The van der Waals surface area contributed by atoms with Crippen molar-refractivity contribution in [2.24, 2.45) is 0 Å². The smallest absolute Gasteiger partial charge is 0.159 e. The number of fused-ring (bicyclic) bond motifs is 9. The van der Waals surface area contributed by atoms with Crippen molar-refractivity contribution in [3.05, 3.63) is 211 Å². The minimum absolute atomic E-state index is 0.151. The second kappa shape index (κ2) is 13.0. The van der Waals surface area contributed by atoms with Crippen molar-refractivity contribution >= 4 is 27.8 Å². The van der Waals surface area contributed by atoms with Gasteiger partial charge in [-0.1, -0.05) is 172 Å². The standard InChI is InChI=1S/C55H39NO/c1-55(2)49-25-12-11-21-44(49)45-32-31-42(35-50(45)55)56(41-29-27-37(28-30-41)36-15-5-3-6-16-36)51-26-14-24-47-46-23-13-22-43(38-17-7-4-8-18-38)53(46)48-33-39-19-9-10-20-40(39)34-52(48)57-54(47)51/h3-35H,1-2H3. The average Bonchev–Trinajstić information content (AvgIpc) is 3.39. The number of rotatable bonds is 5. The van der Waals surface area contributed by atoms with Crippen LogP contribution in [-0.4, -0.2) is 0 Å². The van der Waals surface area contributed by atoms with Crippen molar-refractivity contribution in [1.29, 1.82) is 0 Å². The van der Waals surface area contributed by atoms with Crippen molar-refractivity contribution in [3.63, 3.8) is 0 Å². The fourth-order valence-electron chi connectivity index (χ4n) is 9.25. The molecule has 1 aliphatic carbocycles. The summed E-state index contributed by atoms with van der Waals surface area (Å²) in [5.74, 6) is 1.67. The topological polar surface area (TPSA) is 12.5 Å². The summed E-state index contributed by atoms with van der Waals surface area (Å²) in [6.07, 6.45) is 0. The second-order valence-electron chi connectivity index (χ2n) is 15.7. The molecule has 2 aliphatic rings. The highest BCUT2D eigenvalue weighted by Crippen LogP contribution is 2.56. The zero-order valence-electron chi connectivity index (χ0n) is 31.9. The number of hydrogen-bond acceptors (Lipinski definition) is 2. The lowest BCUT2D eigenvalue weighted by molar-refractivity contribution is 0.489. The molecule has 0 bridgehead atoms. The molecule has 0 N–H and O–H groups in total. The molecule has 0 aromatic heterocycles. The van der Waals surface area contributed by atoms with Crippen LogP contribution in [0.4, 0.5) is 17.1 Å². The number of nitrogens with zero attached hydrogens (tertiary/aromatic N) is 1. The van der Waals surface area contributed by atoms with E-state index in [9.17, 15) is 0 Å². The fourth-order valence-corrected chi connectivity index (χ4v) is 9.25. The van der Waals surface area contributed by atoms with Crippen LogP contribution in [-0.2, 0) is 5.41 Å². The Bertz CT molecular complexity index is 3000. The molecule has 9 aromatic carbocycles. The molecule has 1 heterocycles. The van der Waals surface area contributed by atoms with Gasteiger partial charge < -0.3 is 9.64 Å². The van der Waals surface area contributed by atoms with Crippen LogP contribution in [0.5, 0.6) is 11.5 Å². The largest absolute Gasteiger partial charge is 0.454 e. The van der Waals surface area contributed by atoms with Crippen LogP contribution in [0.1, 0.15) is 25.0 Å². The summed E-state index contributed by atoms with van der Waals surface area (Å²) in [6, 6.07) is 72.5. The first-order valence-electron chi connectivity index (χ1n) is 19.8. The van der Waals surface area contributed by atoms with Gasteiger partial charge >= 0.3 is 0 Å². The highest BCUT2D eigenvalue weighted by atomic mass is 16.5. The maximum absolute atomic E-state index is 7.37. The molecule has 0 saturated carbocycles. The van der Waals surface area contributed by atoms with Crippen LogP contribution in [0.3, 0.4) is 0 Å². The Morgan fingerprint density at radius 3 is 1.75 bits per heavy atom. The summed E-state index contributed by atoms with van der Waals surface area (Å²) in [5, 5.41) is 2.33. The van der Waals surface area contributed by atoms with E-state index in [1.54, 1.807) is 0 Å². The summed E-state index contributed by atoms with van der Waals surface area (Å²) >= 11 is 0. The number of hydrogen-bond donors (Lipinski definition) is 0. The summed E-state index contributed by atoms with van der Waals surface area (Å²) in [6.45, 7) is 4.70. The van der Waals surface area contributed by atoms with Gasteiger partial charge in [0, 0.05) is 33.5 Å². The molecule has 270 valence electrons. The van der Waals surface area contributed by atoms with Gasteiger partial charge in [-0.15, -0.1) is 0 Å². The molecule has 0 radical (unpaired) electrons. The monoisotopic (exact) mass is 729 g/mol. The van der Waals surface area contributed by atoms with Gasteiger partial charge in [0.1, 0.15) is 5.75 Å². The minimum atomic E-state index is -0.151. The van der Waals surface area contributed by atoms with E-state index in [0.29, 0.717) is 0 Å². The quantitative estimate of drug-likeness (QED) is 0.175. The van der Waals surface area contributed by atoms with Gasteiger partial charge in [0.25, 0.3) is 0 Å². The van der Waals surface area contributed by atoms with Crippen LogP contribution >= 0.6 is 0 Å². The number of para-hydroxylation sites is 1. The molecule has 0 amide bonds. The van der Waals surface area contributed by atoms with E-state index < -0.39 is 0 Å². The van der Waals surface area contributed by atoms with Gasteiger partial charge in [-0.2, -0.15) is 0 Å². The van der Waals surface area contributed by atoms with Crippen LogP contribution in [0, 0.1) is 0 Å². The van der Waals surface area contributed by atoms with Gasteiger partial charge in [-0.25, -0.2) is 0 Å². The van der Waals surface area contributed by atoms with Gasteiger partial charge in [0.05, 0.1) is 5.69 Å². The van der Waals surface area contributed by atoms with E-state index in [2.05, 4.69) is 219 Å². The van der Waals surface area contributed by atoms with Crippen molar-refractivity contribution in [2.75, 3.05) is 4.90 Å². The number of anilines is 3. The number of benzene rings is 9. The first-order valence-corrected chi connectivity index (χ1v) is 19.8. The number of ether oxygens (including phenoxy) is 1. The zero-order chi connectivity index (χ0) is 38.1. The molecular weight excluding hydrogens is 691 g/mol. The molecule has 0 atom stereocenters. The Kier molecular flexibility index (Phi) is 7.55. The summed E-state index contributed by atoms with van der Waals surface area (Å²) < 4.78 is 7.37. The van der Waals surface area contributed by atoms with E-state index >= 15 is 0 Å². The first kappa shape index (κ1) is 33.2. The van der Waals surface area contributed by atoms with Crippen molar-refractivity contribution in [3.8, 4) is 67.1 Å². The van der Waals surface area contributed by atoms with Crippen LogP contribution in [0.2, 0.25) is 0 Å². The Balaban J connectivity index is 1.17. The van der Waals surface area contributed by atoms with E-state index in [1.165, 1.54) is 55.5 Å². The van der Waals surface area contributed by atoms with E-state index in [1.807, 2.05) is 0 Å². The molecule has 9 aromatic rings. The summed E-state index contributed by atoms with van der Waals surface area (Å²) in [4.78, 5) is 2.39. The Morgan fingerprint density at radius 1 is 0.386 bits per heavy atom. The van der Waals surface area contributed by atoms with E-state index in [-0.39, 0.29) is 5.41 Å². The third-order valence-electron chi connectivity index (χ3n) is 12.1. The van der Waals surface area contributed by atoms with Crippen molar-refractivity contribution in [1.82, 2.24) is 0 Å². The molecular formula is C55H39NO. The maximum Gasteiger partial charge on any atom is 0.159 e. The summed E-state index contributed by atoms with van der Waals surface area (Å²) in [7, 11) is 0. The van der Waals surface area contributed by atoms with E-state index in [4.69, 9.17) is 4.74 Å². The predicted octanol–water partition coefficient (Wildman–Crippen LogP) is 15.4. The lowest BCUT2D eigenvalue weighted by Crippen LogP contribution is -2.17. The molecule has 0 spiro atoms. The lowest BCUT2D eigenvalue weighted by atomic mass is 9.82. The Labute approximate surface area is 333 Å². The molecule has 2 nitrogen and oxygen atoms in total. The molecule has 0 fully saturated rings.